The number of alkyl carbamates (subject to hydrolysis) is 2. The Morgan fingerprint density at radius 3 is 1.54 bits per heavy atom. The molecule has 0 spiro atoms. The molecule has 4 fully saturated rings. The largest absolute Gasteiger partial charge is 0.445 e. The highest BCUT2D eigenvalue weighted by atomic mass is 16.6. The van der Waals surface area contributed by atoms with Gasteiger partial charge < -0.3 is 35.1 Å². The van der Waals surface area contributed by atoms with Crippen LogP contribution in [0.25, 0.3) is 0 Å². The van der Waals surface area contributed by atoms with Gasteiger partial charge in [0.05, 0.1) is 0 Å². The van der Waals surface area contributed by atoms with E-state index in [0.717, 1.165) is 83.4 Å². The van der Waals surface area contributed by atoms with E-state index in [4.69, 9.17) is 14.2 Å². The summed E-state index contributed by atoms with van der Waals surface area (Å²) in [6.45, 7) is 19.3. The average Bonchev–Trinajstić information content (AvgIpc) is 3.07. The number of hydrogen-bond acceptors (Lipinski definition) is 9. The monoisotopic (exact) mass is 700 g/mol. The zero-order chi connectivity index (χ0) is 36.1. The van der Waals surface area contributed by atoms with E-state index < -0.39 is 11.2 Å². The summed E-state index contributed by atoms with van der Waals surface area (Å²) in [7, 11) is 0. The van der Waals surface area contributed by atoms with Gasteiger partial charge in [0, 0.05) is 76.5 Å². The van der Waals surface area contributed by atoms with Crippen LogP contribution in [0.15, 0.2) is 30.3 Å². The molecule has 2 aliphatic carbocycles. The predicted molar refractivity (Wildman–Crippen MR) is 195 cm³/mol. The highest BCUT2D eigenvalue weighted by molar-refractivity contribution is 5.68. The van der Waals surface area contributed by atoms with Gasteiger partial charge >= 0.3 is 18.3 Å². The number of rotatable bonds is 6. The fraction of sp³-hybridized carbons (Fsp3) is 0.763. The van der Waals surface area contributed by atoms with Gasteiger partial charge in [-0.25, -0.2) is 14.4 Å². The van der Waals surface area contributed by atoms with Crippen molar-refractivity contribution in [3.05, 3.63) is 35.9 Å². The molecule has 0 atom stereocenters. The number of nitrogens with zero attached hydrogens (tertiary/aromatic N) is 3. The molecule has 0 unspecified atom stereocenters. The molecule has 282 valence electrons. The topological polar surface area (TPSA) is 125 Å². The maximum absolute atomic E-state index is 12.3. The molecular weight excluding hydrogens is 636 g/mol. The fourth-order valence-corrected chi connectivity index (χ4v) is 7.25. The van der Waals surface area contributed by atoms with Crippen molar-refractivity contribution in [2.45, 2.75) is 135 Å². The Labute approximate surface area is 300 Å². The Balaban J connectivity index is 0.000000244. The molecular formula is C38H64N6O6. The van der Waals surface area contributed by atoms with Crippen molar-refractivity contribution in [1.29, 1.82) is 0 Å². The third-order valence-corrected chi connectivity index (χ3v) is 9.80. The molecule has 1 aromatic carbocycles. The number of ether oxygens (including phenoxy) is 3. The molecule has 2 aliphatic heterocycles. The maximum atomic E-state index is 12.3. The van der Waals surface area contributed by atoms with Crippen molar-refractivity contribution in [2.24, 2.45) is 0 Å². The smallest absolute Gasteiger partial charge is 0.410 e. The first kappa shape index (κ1) is 39.7. The number of carbonyl (C=O) groups is 3. The van der Waals surface area contributed by atoms with E-state index in [0.29, 0.717) is 31.8 Å². The van der Waals surface area contributed by atoms with E-state index in [2.05, 4.69) is 25.8 Å². The maximum Gasteiger partial charge on any atom is 0.410 e. The van der Waals surface area contributed by atoms with Gasteiger partial charge in [-0.2, -0.15) is 0 Å². The van der Waals surface area contributed by atoms with Crippen molar-refractivity contribution >= 4 is 18.3 Å². The fourth-order valence-electron chi connectivity index (χ4n) is 7.25. The molecule has 4 aliphatic rings. The van der Waals surface area contributed by atoms with Crippen molar-refractivity contribution in [1.82, 2.24) is 30.7 Å². The van der Waals surface area contributed by atoms with Crippen LogP contribution >= 0.6 is 0 Å². The second-order valence-corrected chi connectivity index (χ2v) is 16.2. The Morgan fingerprint density at radius 1 is 0.660 bits per heavy atom. The van der Waals surface area contributed by atoms with Crippen LogP contribution in [0.1, 0.15) is 98.5 Å². The van der Waals surface area contributed by atoms with Crippen LogP contribution in [0.3, 0.4) is 0 Å². The molecule has 3 amide bonds. The lowest BCUT2D eigenvalue weighted by molar-refractivity contribution is 0.0421. The van der Waals surface area contributed by atoms with Crippen LogP contribution in [0.5, 0.6) is 0 Å². The standard InChI is InChI=1S/C23H35N3O4.C15H29N3O2/c1-23(2,3)30-21(27)24-19-9-11-20(12-10-19)25-13-15-26(16-14-25)22(28)29-17-18-7-5-4-6-8-18;1-15(2,3)20-14(19)17-12-4-6-13(7-5-12)18-10-8-16-9-11-18/h4-8,19-20H,9-17H2,1-3H3,(H,24,27);12-13,16H,4-11H2,1-3H3,(H,17,19). The second kappa shape index (κ2) is 18.9. The summed E-state index contributed by atoms with van der Waals surface area (Å²) in [5.41, 5.74) is 0.118. The minimum absolute atomic E-state index is 0.186. The van der Waals surface area contributed by atoms with Gasteiger partial charge in [0.2, 0.25) is 0 Å². The molecule has 0 bridgehead atoms. The quantitative estimate of drug-likeness (QED) is 0.330. The first-order valence-electron chi connectivity index (χ1n) is 18.9. The van der Waals surface area contributed by atoms with Crippen LogP contribution in [0, 0.1) is 0 Å². The minimum atomic E-state index is -0.469. The van der Waals surface area contributed by atoms with Crippen LogP contribution in [0.4, 0.5) is 14.4 Å². The number of carbonyl (C=O) groups excluding carboxylic acids is 3. The van der Waals surface area contributed by atoms with Crippen LogP contribution in [-0.2, 0) is 20.8 Å². The number of nitrogens with one attached hydrogen (secondary N) is 3. The van der Waals surface area contributed by atoms with E-state index in [1.807, 2.05) is 71.9 Å². The first-order valence-corrected chi connectivity index (χ1v) is 18.9. The lowest BCUT2D eigenvalue weighted by Crippen LogP contribution is -2.53. The third-order valence-electron chi connectivity index (χ3n) is 9.80. The van der Waals surface area contributed by atoms with Crippen molar-refractivity contribution in [2.75, 3.05) is 52.4 Å². The lowest BCUT2D eigenvalue weighted by atomic mass is 9.90. The second-order valence-electron chi connectivity index (χ2n) is 16.2. The van der Waals surface area contributed by atoms with Crippen LogP contribution in [-0.4, -0.2) is 121 Å². The molecule has 0 radical (unpaired) electrons. The molecule has 3 N–H and O–H groups in total. The molecule has 50 heavy (non-hydrogen) atoms. The highest BCUT2D eigenvalue weighted by Gasteiger charge is 2.32. The molecule has 5 rings (SSSR count). The SMILES string of the molecule is CC(C)(C)OC(=O)NC1CCC(N2CCN(C(=O)OCc3ccccc3)CC2)CC1.CC(C)(C)OC(=O)NC1CCC(N2CCNCC2)CC1. The number of piperazine rings is 2. The van der Waals surface area contributed by atoms with E-state index in [-0.39, 0.29) is 30.4 Å². The van der Waals surface area contributed by atoms with Gasteiger partial charge in [0.25, 0.3) is 0 Å². The van der Waals surface area contributed by atoms with Gasteiger partial charge in [-0.15, -0.1) is 0 Å². The van der Waals surface area contributed by atoms with Crippen LogP contribution < -0.4 is 16.0 Å². The molecule has 2 heterocycles. The Hall–Kier alpha value is -3.09. The lowest BCUT2D eigenvalue weighted by Gasteiger charge is -2.41. The van der Waals surface area contributed by atoms with Gasteiger partial charge in [0.15, 0.2) is 0 Å². The molecule has 1 aromatic rings. The van der Waals surface area contributed by atoms with Crippen molar-refractivity contribution < 1.29 is 28.6 Å². The van der Waals surface area contributed by atoms with Crippen molar-refractivity contribution in [3.8, 4) is 0 Å². The normalized spacial score (nSPS) is 25.4. The van der Waals surface area contributed by atoms with Gasteiger partial charge in [-0.05, 0) is 98.5 Å². The summed E-state index contributed by atoms with van der Waals surface area (Å²) in [6, 6.07) is 11.4. The van der Waals surface area contributed by atoms with Crippen LogP contribution in [0.2, 0.25) is 0 Å². The summed E-state index contributed by atoms with van der Waals surface area (Å²) >= 11 is 0. The molecule has 12 nitrogen and oxygen atoms in total. The predicted octanol–water partition coefficient (Wildman–Crippen LogP) is 5.50. The molecule has 12 heteroatoms. The zero-order valence-electron chi connectivity index (χ0n) is 31.5. The summed E-state index contributed by atoms with van der Waals surface area (Å²) in [5, 5.41) is 9.40. The molecule has 0 aromatic heterocycles. The Bertz CT molecular complexity index is 1170. The number of benzene rings is 1. The summed E-state index contributed by atoms with van der Waals surface area (Å²) in [6.07, 6.45) is 7.69. The van der Waals surface area contributed by atoms with Crippen molar-refractivity contribution in [3.63, 3.8) is 0 Å². The first-order chi connectivity index (χ1) is 23.7. The van der Waals surface area contributed by atoms with E-state index in [1.165, 1.54) is 12.8 Å². The third kappa shape index (κ3) is 14.3. The Kier molecular flexibility index (Phi) is 15.0. The molecule has 2 saturated carbocycles. The average molecular weight is 701 g/mol. The van der Waals surface area contributed by atoms with E-state index in [9.17, 15) is 14.4 Å². The van der Waals surface area contributed by atoms with E-state index in [1.54, 1.807) is 4.90 Å². The number of amides is 3. The zero-order valence-corrected chi connectivity index (χ0v) is 31.5. The highest BCUT2D eigenvalue weighted by Crippen LogP contribution is 2.26. The van der Waals surface area contributed by atoms with Gasteiger partial charge in [0.1, 0.15) is 17.8 Å². The van der Waals surface area contributed by atoms with E-state index >= 15 is 0 Å². The summed E-state index contributed by atoms with van der Waals surface area (Å²) in [5.74, 6) is 0. The molecule has 2 saturated heterocycles. The summed E-state index contributed by atoms with van der Waals surface area (Å²) in [4.78, 5) is 42.9. The minimum Gasteiger partial charge on any atom is -0.445 e. The Morgan fingerprint density at radius 2 is 1.10 bits per heavy atom. The number of hydrogen-bond donors (Lipinski definition) is 3. The van der Waals surface area contributed by atoms with Gasteiger partial charge in [-0.1, -0.05) is 30.3 Å². The van der Waals surface area contributed by atoms with Gasteiger partial charge in [-0.3, -0.25) is 9.80 Å². The summed E-state index contributed by atoms with van der Waals surface area (Å²) < 4.78 is 16.1.